The Morgan fingerprint density at radius 3 is 2.81 bits per heavy atom. The van der Waals surface area contributed by atoms with Crippen molar-refractivity contribution in [1.82, 2.24) is 20.1 Å². The number of anilines is 1. The van der Waals surface area contributed by atoms with Crippen molar-refractivity contribution in [3.8, 4) is 0 Å². The molecule has 2 saturated heterocycles. The maximum atomic E-state index is 6.16. The summed E-state index contributed by atoms with van der Waals surface area (Å²) in [6, 6.07) is 15.2. The Balaban J connectivity index is 1.47. The zero-order chi connectivity index (χ0) is 21.6. The van der Waals surface area contributed by atoms with Crippen molar-refractivity contribution in [1.29, 1.82) is 0 Å². The van der Waals surface area contributed by atoms with E-state index in [-0.39, 0.29) is 6.10 Å². The third-order valence-electron chi connectivity index (χ3n) is 5.97. The molecule has 2 fully saturated rings. The standard InChI is InChI=1S/C24H34N6O/c1-4-25-24(27-15-20-11-8-12-26-23(20)28(2)3)30-17-21-22(18-30)31-14-13-29(21)16-19-9-6-5-7-10-19/h5-12,21-22H,4,13-18H2,1-3H3,(H,25,27). The first-order valence-electron chi connectivity index (χ1n) is 11.2. The number of likely N-dealkylation sites (tertiary alicyclic amines) is 1. The van der Waals surface area contributed by atoms with Crippen molar-refractivity contribution in [3.63, 3.8) is 0 Å². The summed E-state index contributed by atoms with van der Waals surface area (Å²) in [6.07, 6.45) is 2.05. The fourth-order valence-electron chi connectivity index (χ4n) is 4.49. The molecule has 2 atom stereocenters. The lowest BCUT2D eigenvalue weighted by Crippen LogP contribution is -2.50. The summed E-state index contributed by atoms with van der Waals surface area (Å²) in [5.41, 5.74) is 2.48. The van der Waals surface area contributed by atoms with Crippen molar-refractivity contribution in [3.05, 3.63) is 59.8 Å². The molecule has 0 radical (unpaired) electrons. The summed E-state index contributed by atoms with van der Waals surface area (Å²) in [5, 5.41) is 3.49. The van der Waals surface area contributed by atoms with Crippen LogP contribution in [0.2, 0.25) is 0 Å². The Labute approximate surface area is 185 Å². The van der Waals surface area contributed by atoms with E-state index in [4.69, 9.17) is 9.73 Å². The van der Waals surface area contributed by atoms with Crippen LogP contribution in [-0.4, -0.2) is 79.8 Å². The third kappa shape index (κ3) is 5.17. The monoisotopic (exact) mass is 422 g/mol. The second-order valence-corrected chi connectivity index (χ2v) is 8.39. The van der Waals surface area contributed by atoms with Crippen LogP contribution >= 0.6 is 0 Å². The lowest BCUT2D eigenvalue weighted by atomic mass is 10.1. The largest absolute Gasteiger partial charge is 0.373 e. The van der Waals surface area contributed by atoms with Gasteiger partial charge in [-0.3, -0.25) is 4.90 Å². The Morgan fingerprint density at radius 2 is 2.03 bits per heavy atom. The molecule has 1 aromatic heterocycles. The smallest absolute Gasteiger partial charge is 0.194 e. The fraction of sp³-hybridized carbons (Fsp3) is 0.500. The minimum atomic E-state index is 0.219. The van der Waals surface area contributed by atoms with Crippen molar-refractivity contribution in [2.24, 2.45) is 4.99 Å². The minimum absolute atomic E-state index is 0.219. The number of benzene rings is 1. The number of nitrogens with one attached hydrogen (secondary N) is 1. The number of aromatic nitrogens is 1. The first kappa shape index (κ1) is 21.6. The van der Waals surface area contributed by atoms with Crippen molar-refractivity contribution >= 4 is 11.8 Å². The van der Waals surface area contributed by atoms with Gasteiger partial charge in [-0.1, -0.05) is 36.4 Å². The van der Waals surface area contributed by atoms with Gasteiger partial charge in [-0.25, -0.2) is 9.98 Å². The summed E-state index contributed by atoms with van der Waals surface area (Å²) in [4.78, 5) is 16.4. The molecule has 4 rings (SSSR count). The van der Waals surface area contributed by atoms with Crippen LogP contribution in [0.5, 0.6) is 0 Å². The molecule has 0 amide bonds. The average molecular weight is 423 g/mol. The Morgan fingerprint density at radius 1 is 1.19 bits per heavy atom. The lowest BCUT2D eigenvalue weighted by Gasteiger charge is -2.36. The molecule has 2 aromatic rings. The van der Waals surface area contributed by atoms with Crippen molar-refractivity contribution in [2.75, 3.05) is 51.8 Å². The molecular weight excluding hydrogens is 388 g/mol. The number of nitrogens with zero attached hydrogens (tertiary/aromatic N) is 5. The number of morpholine rings is 1. The molecule has 2 unspecified atom stereocenters. The highest BCUT2D eigenvalue weighted by atomic mass is 16.5. The van der Waals surface area contributed by atoms with E-state index in [1.165, 1.54) is 5.56 Å². The number of guanidine groups is 1. The van der Waals surface area contributed by atoms with Gasteiger partial charge < -0.3 is 19.9 Å². The van der Waals surface area contributed by atoms with E-state index < -0.39 is 0 Å². The fourth-order valence-corrected chi connectivity index (χ4v) is 4.49. The molecule has 2 aliphatic heterocycles. The van der Waals surface area contributed by atoms with Crippen LogP contribution in [0.25, 0.3) is 0 Å². The van der Waals surface area contributed by atoms with Crippen LogP contribution in [0.3, 0.4) is 0 Å². The van der Waals surface area contributed by atoms with E-state index in [2.05, 4.69) is 63.4 Å². The summed E-state index contributed by atoms with van der Waals surface area (Å²) in [5.74, 6) is 1.92. The zero-order valence-corrected chi connectivity index (χ0v) is 18.9. The van der Waals surface area contributed by atoms with Crippen LogP contribution in [-0.2, 0) is 17.8 Å². The van der Waals surface area contributed by atoms with Crippen molar-refractivity contribution < 1.29 is 4.74 Å². The Bertz CT molecular complexity index is 871. The van der Waals surface area contributed by atoms with Crippen molar-refractivity contribution in [2.45, 2.75) is 32.2 Å². The number of rotatable bonds is 6. The molecule has 3 heterocycles. The zero-order valence-electron chi connectivity index (χ0n) is 18.9. The van der Waals surface area contributed by atoms with Gasteiger partial charge in [0.2, 0.25) is 0 Å². The highest BCUT2D eigenvalue weighted by molar-refractivity contribution is 5.80. The Kier molecular flexibility index (Phi) is 7.04. The predicted octanol–water partition coefficient (Wildman–Crippen LogP) is 2.20. The minimum Gasteiger partial charge on any atom is -0.373 e. The first-order valence-corrected chi connectivity index (χ1v) is 11.2. The quantitative estimate of drug-likeness (QED) is 0.569. The number of pyridine rings is 1. The van der Waals surface area contributed by atoms with E-state index >= 15 is 0 Å². The molecule has 0 bridgehead atoms. The molecule has 7 heteroatoms. The van der Waals surface area contributed by atoms with Crippen LogP contribution < -0.4 is 10.2 Å². The second kappa shape index (κ2) is 10.1. The molecule has 0 aliphatic carbocycles. The van der Waals surface area contributed by atoms with Gasteiger partial charge in [0.1, 0.15) is 5.82 Å². The van der Waals surface area contributed by atoms with E-state index in [9.17, 15) is 0 Å². The van der Waals surface area contributed by atoms with Gasteiger partial charge in [0.25, 0.3) is 0 Å². The predicted molar refractivity (Wildman–Crippen MR) is 125 cm³/mol. The second-order valence-electron chi connectivity index (χ2n) is 8.39. The maximum absolute atomic E-state index is 6.16. The van der Waals surface area contributed by atoms with Gasteiger partial charge in [0.05, 0.1) is 25.3 Å². The average Bonchev–Trinajstić information content (AvgIpc) is 3.23. The maximum Gasteiger partial charge on any atom is 0.194 e. The van der Waals surface area contributed by atoms with Gasteiger partial charge in [0, 0.05) is 58.6 Å². The van der Waals surface area contributed by atoms with Gasteiger partial charge in [-0.15, -0.1) is 0 Å². The molecule has 1 N–H and O–H groups in total. The van der Waals surface area contributed by atoms with E-state index in [0.717, 1.165) is 56.7 Å². The number of aliphatic imine (C=N–C) groups is 1. The highest BCUT2D eigenvalue weighted by Crippen LogP contribution is 2.25. The number of fused-ring (bicyclic) bond motifs is 1. The summed E-state index contributed by atoms with van der Waals surface area (Å²) in [7, 11) is 4.04. The highest BCUT2D eigenvalue weighted by Gasteiger charge is 2.41. The number of hydrogen-bond acceptors (Lipinski definition) is 5. The summed E-state index contributed by atoms with van der Waals surface area (Å²) >= 11 is 0. The molecule has 1 aromatic carbocycles. The van der Waals surface area contributed by atoms with E-state index in [1.807, 2.05) is 31.3 Å². The van der Waals surface area contributed by atoms with Crippen LogP contribution in [0.15, 0.2) is 53.7 Å². The van der Waals surface area contributed by atoms with Gasteiger partial charge in [0.15, 0.2) is 5.96 Å². The van der Waals surface area contributed by atoms with Crippen LogP contribution in [0.4, 0.5) is 5.82 Å². The molecule has 166 valence electrons. The van der Waals surface area contributed by atoms with Gasteiger partial charge >= 0.3 is 0 Å². The lowest BCUT2D eigenvalue weighted by molar-refractivity contribution is -0.0502. The normalized spacial score (nSPS) is 21.8. The summed E-state index contributed by atoms with van der Waals surface area (Å²) in [6.45, 7) is 8.08. The molecule has 31 heavy (non-hydrogen) atoms. The topological polar surface area (TPSA) is 56.2 Å². The van der Waals surface area contributed by atoms with Gasteiger partial charge in [-0.2, -0.15) is 0 Å². The summed E-state index contributed by atoms with van der Waals surface area (Å²) < 4.78 is 6.16. The first-order chi connectivity index (χ1) is 15.2. The van der Waals surface area contributed by atoms with Crippen LogP contribution in [0, 0.1) is 0 Å². The Hall–Kier alpha value is -2.64. The number of hydrogen-bond donors (Lipinski definition) is 1. The SMILES string of the molecule is CCNC(=NCc1cccnc1N(C)C)N1CC2OCCN(Cc3ccccc3)C2C1. The molecule has 0 saturated carbocycles. The van der Waals surface area contributed by atoms with E-state index in [0.29, 0.717) is 12.6 Å². The van der Waals surface area contributed by atoms with Crippen LogP contribution in [0.1, 0.15) is 18.1 Å². The van der Waals surface area contributed by atoms with E-state index in [1.54, 1.807) is 0 Å². The number of ether oxygens (including phenoxy) is 1. The molecule has 0 spiro atoms. The molecule has 2 aliphatic rings. The van der Waals surface area contributed by atoms with Gasteiger partial charge in [-0.05, 0) is 18.6 Å². The molecule has 7 nitrogen and oxygen atoms in total. The molecular formula is C24H34N6O. The third-order valence-corrected chi connectivity index (χ3v) is 5.97.